The number of carbonyl (C=O) groups excluding carboxylic acids is 2. The molecule has 4 aromatic rings. The molecule has 6 nitrogen and oxygen atoms in total. The number of rotatable bonds is 6. The molecular weight excluding hydrogens is 428 g/mol. The molecule has 0 saturated heterocycles. The fraction of sp³-hybridized carbons (Fsp3) is 0.0714. The number of carbonyl (C=O) groups is 2. The Labute approximate surface area is 197 Å². The largest absolute Gasteiger partial charge is 0.465 e. The second-order valence-electron chi connectivity index (χ2n) is 7.41. The fourth-order valence-corrected chi connectivity index (χ4v) is 3.46. The molecule has 0 aromatic heterocycles. The highest BCUT2D eigenvalue weighted by Gasteiger charge is 2.11. The first-order valence-electron chi connectivity index (χ1n) is 10.6. The van der Waals surface area contributed by atoms with Gasteiger partial charge in [0.05, 0.1) is 36.7 Å². The van der Waals surface area contributed by atoms with Crippen molar-refractivity contribution in [2.45, 2.75) is 0 Å². The fourth-order valence-electron chi connectivity index (χ4n) is 3.46. The lowest BCUT2D eigenvalue weighted by Gasteiger charge is -2.10. The molecule has 0 amide bonds. The van der Waals surface area contributed by atoms with Gasteiger partial charge in [-0.15, -0.1) is 5.11 Å². The molecule has 34 heavy (non-hydrogen) atoms. The molecule has 4 aromatic carbocycles. The number of methoxy groups -OCH3 is 2. The number of nitrogens with zero attached hydrogens (tertiary/aromatic N) is 2. The Morgan fingerprint density at radius 1 is 0.588 bits per heavy atom. The van der Waals surface area contributed by atoms with E-state index in [-0.39, 0.29) is 11.9 Å². The van der Waals surface area contributed by atoms with Gasteiger partial charge in [-0.1, -0.05) is 54.6 Å². The first-order chi connectivity index (χ1) is 16.6. The third-order valence-corrected chi connectivity index (χ3v) is 5.28. The summed E-state index contributed by atoms with van der Waals surface area (Å²) in [7, 11) is 2.71. The second kappa shape index (κ2) is 10.4. The average molecular weight is 450 g/mol. The summed E-state index contributed by atoms with van der Waals surface area (Å²) in [4.78, 5) is 23.5. The molecule has 0 aliphatic heterocycles. The van der Waals surface area contributed by atoms with Crippen LogP contribution in [0.4, 0.5) is 11.4 Å². The summed E-state index contributed by atoms with van der Waals surface area (Å²) in [5.41, 5.74) is 5.98. The number of hydrogen-bond acceptors (Lipinski definition) is 6. The van der Waals surface area contributed by atoms with Gasteiger partial charge in [0, 0.05) is 5.56 Å². The zero-order valence-corrected chi connectivity index (χ0v) is 18.8. The molecule has 0 N–H and O–H groups in total. The maximum absolute atomic E-state index is 11.8. The first kappa shape index (κ1) is 22.6. The van der Waals surface area contributed by atoms with Gasteiger partial charge in [0.1, 0.15) is 0 Å². The van der Waals surface area contributed by atoms with E-state index in [0.29, 0.717) is 16.8 Å². The maximum Gasteiger partial charge on any atom is 0.337 e. The molecule has 4 rings (SSSR count). The van der Waals surface area contributed by atoms with Crippen molar-refractivity contribution in [1.29, 1.82) is 0 Å². The minimum atomic E-state index is -0.388. The lowest BCUT2D eigenvalue weighted by molar-refractivity contribution is 0.0592. The molecule has 0 saturated carbocycles. The van der Waals surface area contributed by atoms with Crippen molar-refractivity contribution in [3.05, 3.63) is 108 Å². The summed E-state index contributed by atoms with van der Waals surface area (Å²) < 4.78 is 9.56. The van der Waals surface area contributed by atoms with Gasteiger partial charge >= 0.3 is 11.9 Å². The minimum absolute atomic E-state index is 0.380. The molecule has 0 unspecified atom stereocenters. The van der Waals surface area contributed by atoms with Gasteiger partial charge in [0.2, 0.25) is 0 Å². The van der Waals surface area contributed by atoms with Crippen molar-refractivity contribution in [2.24, 2.45) is 10.2 Å². The standard InChI is InChI=1S/C28H22N2O4/c1-33-27(31)21-12-8-19(9-13-21)23-16-17-25(20-10-14-22(15-11-20)28(32)34-2)26(18-23)30-29-24-6-4-3-5-7-24/h3-18H,1-2H3. The van der Waals surface area contributed by atoms with E-state index in [2.05, 4.69) is 10.2 Å². The highest BCUT2D eigenvalue weighted by molar-refractivity contribution is 5.91. The van der Waals surface area contributed by atoms with Crippen LogP contribution in [0.1, 0.15) is 20.7 Å². The summed E-state index contributed by atoms with van der Waals surface area (Å²) in [6, 6.07) is 29.7. The van der Waals surface area contributed by atoms with Crippen molar-refractivity contribution >= 4 is 23.3 Å². The molecular formula is C28H22N2O4. The number of azo groups is 1. The van der Waals surface area contributed by atoms with E-state index in [0.717, 1.165) is 27.9 Å². The van der Waals surface area contributed by atoms with Crippen molar-refractivity contribution < 1.29 is 19.1 Å². The lowest BCUT2D eigenvalue weighted by Crippen LogP contribution is -2.00. The second-order valence-corrected chi connectivity index (χ2v) is 7.41. The average Bonchev–Trinajstić information content (AvgIpc) is 2.91. The minimum Gasteiger partial charge on any atom is -0.465 e. The Hall–Kier alpha value is -4.58. The molecule has 168 valence electrons. The number of ether oxygens (including phenoxy) is 2. The van der Waals surface area contributed by atoms with E-state index in [1.54, 1.807) is 24.3 Å². The van der Waals surface area contributed by atoms with E-state index in [1.807, 2.05) is 72.8 Å². The molecule has 0 aliphatic carbocycles. The van der Waals surface area contributed by atoms with E-state index >= 15 is 0 Å². The van der Waals surface area contributed by atoms with Crippen LogP contribution in [0.3, 0.4) is 0 Å². The number of esters is 2. The van der Waals surface area contributed by atoms with Gasteiger partial charge in [-0.3, -0.25) is 0 Å². The van der Waals surface area contributed by atoms with E-state index in [4.69, 9.17) is 9.47 Å². The summed E-state index contributed by atoms with van der Waals surface area (Å²) in [5, 5.41) is 8.93. The van der Waals surface area contributed by atoms with Crippen LogP contribution in [0.15, 0.2) is 107 Å². The van der Waals surface area contributed by atoms with Gasteiger partial charge < -0.3 is 9.47 Å². The Balaban J connectivity index is 1.74. The van der Waals surface area contributed by atoms with Gasteiger partial charge in [0.15, 0.2) is 0 Å². The van der Waals surface area contributed by atoms with Crippen molar-refractivity contribution in [2.75, 3.05) is 14.2 Å². The Kier molecular flexibility index (Phi) is 6.89. The molecule has 0 spiro atoms. The zero-order valence-electron chi connectivity index (χ0n) is 18.8. The van der Waals surface area contributed by atoms with Crippen LogP contribution < -0.4 is 0 Å². The third kappa shape index (κ3) is 5.07. The number of benzene rings is 4. The normalized spacial score (nSPS) is 10.8. The predicted octanol–water partition coefficient (Wildman–Crippen LogP) is 7.01. The Morgan fingerprint density at radius 3 is 1.68 bits per heavy atom. The summed E-state index contributed by atoms with van der Waals surface area (Å²) in [5.74, 6) is -0.768. The summed E-state index contributed by atoms with van der Waals surface area (Å²) in [6.07, 6.45) is 0. The monoisotopic (exact) mass is 450 g/mol. The topological polar surface area (TPSA) is 77.3 Å². The van der Waals surface area contributed by atoms with Crippen LogP contribution in [0.25, 0.3) is 22.3 Å². The van der Waals surface area contributed by atoms with Crippen molar-refractivity contribution in [1.82, 2.24) is 0 Å². The van der Waals surface area contributed by atoms with E-state index in [1.165, 1.54) is 14.2 Å². The number of hydrogen-bond donors (Lipinski definition) is 0. The zero-order chi connectivity index (χ0) is 23.9. The molecule has 0 atom stereocenters. The van der Waals surface area contributed by atoms with Crippen molar-refractivity contribution in [3.8, 4) is 22.3 Å². The molecule has 0 fully saturated rings. The van der Waals surface area contributed by atoms with Crippen LogP contribution in [0.5, 0.6) is 0 Å². The summed E-state index contributed by atoms with van der Waals surface area (Å²) in [6.45, 7) is 0. The quantitative estimate of drug-likeness (QED) is 0.234. The van der Waals surface area contributed by atoms with Crippen molar-refractivity contribution in [3.63, 3.8) is 0 Å². The maximum atomic E-state index is 11.8. The highest BCUT2D eigenvalue weighted by Crippen LogP contribution is 2.36. The van der Waals surface area contributed by atoms with Gasteiger partial charge in [-0.25, -0.2) is 9.59 Å². The Bertz CT molecular complexity index is 1330. The Morgan fingerprint density at radius 2 is 1.12 bits per heavy atom. The predicted molar refractivity (Wildman–Crippen MR) is 131 cm³/mol. The van der Waals surface area contributed by atoms with Gasteiger partial charge in [-0.05, 0) is 59.2 Å². The van der Waals surface area contributed by atoms with Crippen LogP contribution in [-0.4, -0.2) is 26.2 Å². The molecule has 6 heteroatoms. The van der Waals surface area contributed by atoms with Crippen LogP contribution in [0.2, 0.25) is 0 Å². The van der Waals surface area contributed by atoms with E-state index in [9.17, 15) is 9.59 Å². The third-order valence-electron chi connectivity index (χ3n) is 5.28. The SMILES string of the molecule is COC(=O)c1ccc(-c2ccc(-c3ccc(C(=O)OC)cc3)c(N=Nc3ccccc3)c2)cc1. The molecule has 0 aliphatic rings. The van der Waals surface area contributed by atoms with Crippen LogP contribution in [-0.2, 0) is 9.47 Å². The van der Waals surface area contributed by atoms with Crippen LogP contribution in [0, 0.1) is 0 Å². The van der Waals surface area contributed by atoms with Gasteiger partial charge in [-0.2, -0.15) is 5.11 Å². The first-order valence-corrected chi connectivity index (χ1v) is 10.6. The van der Waals surface area contributed by atoms with Crippen LogP contribution >= 0.6 is 0 Å². The van der Waals surface area contributed by atoms with Gasteiger partial charge in [0.25, 0.3) is 0 Å². The molecule has 0 heterocycles. The summed E-state index contributed by atoms with van der Waals surface area (Å²) >= 11 is 0. The molecule has 0 bridgehead atoms. The van der Waals surface area contributed by atoms with E-state index < -0.39 is 0 Å². The molecule has 0 radical (unpaired) electrons. The smallest absolute Gasteiger partial charge is 0.337 e. The lowest BCUT2D eigenvalue weighted by atomic mass is 9.97. The highest BCUT2D eigenvalue weighted by atomic mass is 16.5.